The Hall–Kier alpha value is -3.37. The van der Waals surface area contributed by atoms with E-state index in [-0.39, 0.29) is 4.88 Å². The number of ether oxygens (including phenoxy) is 1. The van der Waals surface area contributed by atoms with Gasteiger partial charge in [0, 0.05) is 28.7 Å². The Bertz CT molecular complexity index is 1490. The van der Waals surface area contributed by atoms with Gasteiger partial charge in [0.05, 0.1) is 18.4 Å². The van der Waals surface area contributed by atoms with Crippen molar-refractivity contribution in [1.29, 1.82) is 0 Å². The highest BCUT2D eigenvalue weighted by Crippen LogP contribution is 2.40. The van der Waals surface area contributed by atoms with E-state index in [1.165, 1.54) is 6.42 Å². The second-order valence-corrected chi connectivity index (χ2v) is 11.5. The number of nitrogens with one attached hydrogen (secondary N) is 1. The smallest absolute Gasteiger partial charge is 0.408 e. The molecule has 1 atom stereocenters. The van der Waals surface area contributed by atoms with Gasteiger partial charge in [0.1, 0.15) is 18.4 Å². The number of aryl methyl sites for hydroxylation is 1. The lowest BCUT2D eigenvalue weighted by Gasteiger charge is -2.23. The minimum atomic E-state index is -4.35. The molecule has 1 aliphatic carbocycles. The third kappa shape index (κ3) is 5.88. The number of aromatic nitrogens is 3. The van der Waals surface area contributed by atoms with Crippen molar-refractivity contribution >= 4 is 17.0 Å². The number of hydrogen-bond acceptors (Lipinski definition) is 6. The van der Waals surface area contributed by atoms with E-state index in [1.54, 1.807) is 28.4 Å². The van der Waals surface area contributed by atoms with Crippen molar-refractivity contribution in [3.05, 3.63) is 71.0 Å². The lowest BCUT2D eigenvalue weighted by atomic mass is 10.1. The van der Waals surface area contributed by atoms with Gasteiger partial charge in [0.25, 0.3) is 0 Å². The van der Waals surface area contributed by atoms with Gasteiger partial charge in [-0.15, -0.1) is 11.3 Å². The largest absolute Gasteiger partial charge is 0.492 e. The molecule has 2 aliphatic rings. The summed E-state index contributed by atoms with van der Waals surface area (Å²) < 4.78 is 49.1. The molecule has 0 bridgehead atoms. The van der Waals surface area contributed by atoms with Crippen molar-refractivity contribution < 1.29 is 17.9 Å². The van der Waals surface area contributed by atoms with E-state index in [2.05, 4.69) is 32.6 Å². The van der Waals surface area contributed by atoms with Crippen LogP contribution in [-0.4, -0.2) is 51.9 Å². The molecule has 1 unspecified atom stereocenters. The fourth-order valence-electron chi connectivity index (χ4n) is 5.07. The number of rotatable bonds is 10. The molecule has 4 aromatic rings. The SMILES string of the molecule is Cc1c(-c2ccc(OCCN3C=CCCC3)cc2)cnc2c(-c3csc(C(NCC4CC4)C(F)(F)F)c3)cnn12. The molecule has 4 heterocycles. The van der Waals surface area contributed by atoms with Crippen molar-refractivity contribution in [2.75, 3.05) is 26.2 Å². The van der Waals surface area contributed by atoms with Gasteiger partial charge in [-0.2, -0.15) is 18.3 Å². The Labute approximate surface area is 235 Å². The summed E-state index contributed by atoms with van der Waals surface area (Å²) in [5.41, 5.74) is 4.84. The number of nitrogens with zero attached hydrogens (tertiary/aromatic N) is 4. The summed E-state index contributed by atoms with van der Waals surface area (Å²) in [6.45, 7) is 4.91. The van der Waals surface area contributed by atoms with Crippen LogP contribution in [0, 0.1) is 12.8 Å². The minimum Gasteiger partial charge on any atom is -0.492 e. The summed E-state index contributed by atoms with van der Waals surface area (Å²) in [4.78, 5) is 7.20. The number of alkyl halides is 3. The average Bonchev–Trinajstić information content (AvgIpc) is 3.46. The van der Waals surface area contributed by atoms with Crippen molar-refractivity contribution in [2.45, 2.75) is 44.8 Å². The monoisotopic (exact) mass is 567 g/mol. The molecule has 0 radical (unpaired) electrons. The number of allylic oxidation sites excluding steroid dienone is 1. The third-order valence-electron chi connectivity index (χ3n) is 7.56. The second kappa shape index (κ2) is 11.2. The van der Waals surface area contributed by atoms with Gasteiger partial charge in [0.15, 0.2) is 5.65 Å². The summed E-state index contributed by atoms with van der Waals surface area (Å²) in [5.74, 6) is 1.17. The summed E-state index contributed by atoms with van der Waals surface area (Å²) in [7, 11) is 0. The van der Waals surface area contributed by atoms with E-state index in [1.807, 2.05) is 31.2 Å². The number of hydrogen-bond donors (Lipinski definition) is 1. The zero-order valence-electron chi connectivity index (χ0n) is 22.3. The van der Waals surface area contributed by atoms with Crippen LogP contribution in [0.25, 0.3) is 27.9 Å². The number of thiophene rings is 1. The average molecular weight is 568 g/mol. The number of benzene rings is 1. The van der Waals surface area contributed by atoms with Crippen molar-refractivity contribution in [3.63, 3.8) is 0 Å². The van der Waals surface area contributed by atoms with Crippen molar-refractivity contribution in [2.24, 2.45) is 5.92 Å². The van der Waals surface area contributed by atoms with Gasteiger partial charge >= 0.3 is 6.18 Å². The highest BCUT2D eigenvalue weighted by Gasteiger charge is 2.42. The first kappa shape index (κ1) is 26.8. The van der Waals surface area contributed by atoms with Gasteiger partial charge in [-0.3, -0.25) is 0 Å². The fourth-order valence-corrected chi connectivity index (χ4v) is 6.08. The molecule has 1 aliphatic heterocycles. The van der Waals surface area contributed by atoms with Crippen LogP contribution in [0.5, 0.6) is 5.75 Å². The quantitative estimate of drug-likeness (QED) is 0.223. The van der Waals surface area contributed by atoms with E-state index in [0.717, 1.165) is 66.3 Å². The molecular formula is C30H32F3N5OS. The second-order valence-electron chi connectivity index (χ2n) is 10.6. The van der Waals surface area contributed by atoms with Gasteiger partial charge in [-0.05, 0) is 86.0 Å². The summed E-state index contributed by atoms with van der Waals surface area (Å²) in [6, 6.07) is 7.89. The predicted octanol–water partition coefficient (Wildman–Crippen LogP) is 7.02. The van der Waals surface area contributed by atoms with Crippen LogP contribution in [0.4, 0.5) is 13.2 Å². The molecule has 1 N–H and O–H groups in total. The maximum Gasteiger partial charge on any atom is 0.408 e. The Morgan fingerprint density at radius 2 is 1.95 bits per heavy atom. The van der Waals surface area contributed by atoms with Crippen molar-refractivity contribution in [1.82, 2.24) is 24.8 Å². The molecule has 3 aromatic heterocycles. The van der Waals surface area contributed by atoms with Crippen LogP contribution in [0.3, 0.4) is 0 Å². The molecule has 1 saturated carbocycles. The molecule has 0 saturated heterocycles. The lowest BCUT2D eigenvalue weighted by molar-refractivity contribution is -0.157. The van der Waals surface area contributed by atoms with Gasteiger partial charge in [-0.25, -0.2) is 9.50 Å². The van der Waals surface area contributed by atoms with Gasteiger partial charge in [0.2, 0.25) is 0 Å². The van der Waals surface area contributed by atoms with Crippen LogP contribution in [0.2, 0.25) is 0 Å². The third-order valence-corrected chi connectivity index (χ3v) is 8.56. The van der Waals surface area contributed by atoms with E-state index in [9.17, 15) is 13.2 Å². The van der Waals surface area contributed by atoms with E-state index < -0.39 is 12.2 Å². The maximum absolute atomic E-state index is 13.8. The Morgan fingerprint density at radius 1 is 1.12 bits per heavy atom. The predicted molar refractivity (Wildman–Crippen MR) is 151 cm³/mol. The summed E-state index contributed by atoms with van der Waals surface area (Å²) in [5, 5.41) is 9.03. The fraction of sp³-hybridized carbons (Fsp3) is 0.400. The van der Waals surface area contributed by atoms with E-state index >= 15 is 0 Å². The lowest BCUT2D eigenvalue weighted by Crippen LogP contribution is -2.34. The number of fused-ring (bicyclic) bond motifs is 1. The Balaban J connectivity index is 1.17. The topological polar surface area (TPSA) is 54.7 Å². The zero-order chi connectivity index (χ0) is 27.7. The molecule has 10 heteroatoms. The van der Waals surface area contributed by atoms with Gasteiger partial charge < -0.3 is 15.0 Å². The molecule has 0 spiro atoms. The van der Waals surface area contributed by atoms with Crippen LogP contribution in [-0.2, 0) is 0 Å². The molecule has 40 heavy (non-hydrogen) atoms. The van der Waals surface area contributed by atoms with Crippen LogP contribution < -0.4 is 10.1 Å². The zero-order valence-corrected chi connectivity index (χ0v) is 23.1. The minimum absolute atomic E-state index is 0.255. The molecular weight excluding hydrogens is 535 g/mol. The molecule has 210 valence electrons. The van der Waals surface area contributed by atoms with E-state index in [4.69, 9.17) is 4.74 Å². The first-order valence-corrected chi connectivity index (χ1v) is 14.6. The number of halogens is 3. The maximum atomic E-state index is 13.8. The Kier molecular flexibility index (Phi) is 7.55. The van der Waals surface area contributed by atoms with Crippen molar-refractivity contribution in [3.8, 4) is 28.0 Å². The summed E-state index contributed by atoms with van der Waals surface area (Å²) >= 11 is 1.12. The highest BCUT2D eigenvalue weighted by molar-refractivity contribution is 7.10. The molecule has 1 fully saturated rings. The van der Waals surface area contributed by atoms with Crippen LogP contribution >= 0.6 is 11.3 Å². The Morgan fingerprint density at radius 3 is 2.67 bits per heavy atom. The first-order chi connectivity index (χ1) is 19.4. The summed E-state index contributed by atoms with van der Waals surface area (Å²) in [6.07, 6.45) is 7.80. The van der Waals surface area contributed by atoms with Gasteiger partial charge in [-0.1, -0.05) is 18.2 Å². The normalized spacial score (nSPS) is 16.6. The molecule has 6 rings (SSSR count). The molecule has 6 nitrogen and oxygen atoms in total. The molecule has 0 amide bonds. The van der Waals surface area contributed by atoms with E-state index in [0.29, 0.717) is 35.8 Å². The standard InChI is InChI=1S/C30H32F3N5OS/c1-20-25(22-7-9-24(10-8-22)39-14-13-37-11-3-2-4-12-37)17-35-29-26(18-36-38(20)29)23-15-27(40-19-23)28(30(31,32)33)34-16-21-5-6-21/h3,7-11,15,17-19,21,28,34H,2,4-6,12-14,16H2,1H3. The highest BCUT2D eigenvalue weighted by atomic mass is 32.1. The first-order valence-electron chi connectivity index (χ1n) is 13.7. The molecule has 1 aromatic carbocycles. The van der Waals surface area contributed by atoms with Crippen LogP contribution in [0.15, 0.2) is 60.4 Å². The van der Waals surface area contributed by atoms with Crippen LogP contribution in [0.1, 0.15) is 42.3 Å².